The second-order valence-electron chi connectivity index (χ2n) is 7.55. The van der Waals surface area contributed by atoms with Gasteiger partial charge in [-0.15, -0.1) is 0 Å². The van der Waals surface area contributed by atoms with Crippen LogP contribution in [0.25, 0.3) is 0 Å². The maximum Gasteiger partial charge on any atom is 0.303 e. The number of carbonyl (C=O) groups is 3. The minimum Gasteiger partial charge on any atom is -0.481 e. The summed E-state index contributed by atoms with van der Waals surface area (Å²) in [6.07, 6.45) is 4.26. The maximum absolute atomic E-state index is 11.8. The van der Waals surface area contributed by atoms with Crippen LogP contribution in [0.4, 0.5) is 0 Å². The normalized spacial score (nSPS) is 12.0. The second-order valence-corrected chi connectivity index (χ2v) is 7.55. The minimum absolute atomic E-state index is 0.106. The summed E-state index contributed by atoms with van der Waals surface area (Å²) in [5, 5.41) is 8.81. The van der Waals surface area contributed by atoms with Crippen LogP contribution in [0.1, 0.15) is 72.6 Å². The fourth-order valence-corrected chi connectivity index (χ4v) is 2.48. The quantitative estimate of drug-likeness (QED) is 0.525. The average Bonchev–Trinajstić information content (AvgIpc) is 2.34. The highest BCUT2D eigenvalue weighted by atomic mass is 16.5. The number of hydrogen-bond donors (Lipinski definition) is 1. The molecule has 0 saturated carbocycles. The summed E-state index contributed by atoms with van der Waals surface area (Å²) < 4.78 is 4.78. The van der Waals surface area contributed by atoms with Gasteiger partial charge in [0.2, 0.25) is 0 Å². The highest BCUT2D eigenvalue weighted by Gasteiger charge is 2.22. The molecule has 128 valence electrons. The highest BCUT2D eigenvalue weighted by Crippen LogP contribution is 2.28. The molecule has 0 bridgehead atoms. The van der Waals surface area contributed by atoms with E-state index in [4.69, 9.17) is 9.84 Å². The van der Waals surface area contributed by atoms with E-state index < -0.39 is 5.97 Å². The predicted octanol–water partition coefficient (Wildman–Crippen LogP) is 3.60. The van der Waals surface area contributed by atoms with Crippen molar-refractivity contribution >= 4 is 18.2 Å². The van der Waals surface area contributed by atoms with Gasteiger partial charge in [0.1, 0.15) is 5.78 Å². The van der Waals surface area contributed by atoms with Gasteiger partial charge in [-0.2, -0.15) is 0 Å². The van der Waals surface area contributed by atoms with Crippen LogP contribution < -0.4 is 0 Å². The molecule has 0 radical (unpaired) electrons. The minimum atomic E-state index is -0.795. The largest absolute Gasteiger partial charge is 0.481 e. The third-order valence-corrected chi connectivity index (χ3v) is 3.79. The Hall–Kier alpha value is -1.39. The number of ether oxygens (including phenoxy) is 1. The Morgan fingerprint density at radius 2 is 1.50 bits per heavy atom. The van der Waals surface area contributed by atoms with Gasteiger partial charge in [0, 0.05) is 12.8 Å². The first kappa shape index (κ1) is 20.6. The van der Waals surface area contributed by atoms with Crippen LogP contribution in [0.3, 0.4) is 0 Å². The van der Waals surface area contributed by atoms with Crippen molar-refractivity contribution in [3.8, 4) is 0 Å². The van der Waals surface area contributed by atoms with E-state index in [1.54, 1.807) is 0 Å². The third kappa shape index (κ3) is 11.3. The molecule has 0 aliphatic heterocycles. The smallest absolute Gasteiger partial charge is 0.303 e. The summed E-state index contributed by atoms with van der Waals surface area (Å²) in [6, 6.07) is 0. The molecule has 0 aromatic carbocycles. The van der Waals surface area contributed by atoms with Gasteiger partial charge in [-0.25, -0.2) is 0 Å². The molecule has 5 heteroatoms. The SMILES string of the molecule is CC(C)(CCCC(=O)CCCC(C)(C)CC(=O)O)COC=O. The molecule has 0 spiro atoms. The molecule has 22 heavy (non-hydrogen) atoms. The van der Waals surface area contributed by atoms with Gasteiger partial charge in [0.25, 0.3) is 6.47 Å². The van der Waals surface area contributed by atoms with Crippen LogP contribution in [-0.4, -0.2) is 29.9 Å². The molecule has 0 aromatic heterocycles. The zero-order valence-electron chi connectivity index (χ0n) is 14.3. The Labute approximate surface area is 133 Å². The van der Waals surface area contributed by atoms with Gasteiger partial charge < -0.3 is 9.84 Å². The molecule has 0 aliphatic rings. The molecule has 0 rings (SSSR count). The van der Waals surface area contributed by atoms with Gasteiger partial charge in [0.15, 0.2) is 0 Å². The first-order valence-electron chi connectivity index (χ1n) is 7.87. The van der Waals surface area contributed by atoms with E-state index in [0.717, 1.165) is 25.7 Å². The molecular formula is C17H30O5. The molecular weight excluding hydrogens is 284 g/mol. The van der Waals surface area contributed by atoms with Gasteiger partial charge in [-0.1, -0.05) is 27.7 Å². The van der Waals surface area contributed by atoms with E-state index in [0.29, 0.717) is 25.9 Å². The van der Waals surface area contributed by atoms with E-state index in [9.17, 15) is 14.4 Å². The van der Waals surface area contributed by atoms with Crippen molar-refractivity contribution < 1.29 is 24.2 Å². The van der Waals surface area contributed by atoms with Crippen molar-refractivity contribution in [3.63, 3.8) is 0 Å². The number of carbonyl (C=O) groups excluding carboxylic acids is 2. The van der Waals surface area contributed by atoms with E-state index in [2.05, 4.69) is 0 Å². The Morgan fingerprint density at radius 3 is 1.95 bits per heavy atom. The van der Waals surface area contributed by atoms with Gasteiger partial charge in [0.05, 0.1) is 13.0 Å². The van der Waals surface area contributed by atoms with Gasteiger partial charge in [-0.05, 0) is 36.5 Å². The first-order valence-corrected chi connectivity index (χ1v) is 7.87. The van der Waals surface area contributed by atoms with Gasteiger partial charge in [-0.3, -0.25) is 14.4 Å². The van der Waals surface area contributed by atoms with Gasteiger partial charge >= 0.3 is 5.97 Å². The number of carboxylic acid groups (broad SMARTS) is 1. The summed E-state index contributed by atoms with van der Waals surface area (Å²) in [5.74, 6) is -0.575. The first-order chi connectivity index (χ1) is 10.1. The molecule has 0 unspecified atom stereocenters. The zero-order chi connectivity index (χ0) is 17.2. The maximum atomic E-state index is 11.8. The number of rotatable bonds is 13. The van der Waals surface area contributed by atoms with Crippen molar-refractivity contribution in [2.75, 3.05) is 6.61 Å². The summed E-state index contributed by atoms with van der Waals surface area (Å²) in [6.45, 7) is 8.67. The fraction of sp³-hybridized carbons (Fsp3) is 0.824. The lowest BCUT2D eigenvalue weighted by Crippen LogP contribution is -2.19. The molecule has 0 fully saturated rings. The molecule has 0 amide bonds. The standard InChI is InChI=1S/C17H30O5/c1-16(2,11-15(20)21)9-5-7-14(19)8-6-10-17(3,4)12-22-13-18/h13H,5-12H2,1-4H3,(H,20,21). The number of carboxylic acids is 1. The fourth-order valence-electron chi connectivity index (χ4n) is 2.48. The van der Waals surface area contributed by atoms with Crippen molar-refractivity contribution in [1.82, 2.24) is 0 Å². The summed E-state index contributed by atoms with van der Waals surface area (Å²) in [5.41, 5.74) is -0.370. The number of Topliss-reactive ketones (excluding diaryl/α,β-unsaturated/α-hetero) is 1. The van der Waals surface area contributed by atoms with E-state index in [1.165, 1.54) is 0 Å². The molecule has 1 N–H and O–H groups in total. The molecule has 0 aliphatic carbocycles. The zero-order valence-corrected chi connectivity index (χ0v) is 14.3. The predicted molar refractivity (Wildman–Crippen MR) is 84.5 cm³/mol. The Kier molecular flexibility index (Phi) is 8.99. The Morgan fingerprint density at radius 1 is 1.00 bits per heavy atom. The van der Waals surface area contributed by atoms with Crippen LogP contribution in [-0.2, 0) is 19.1 Å². The molecule has 0 atom stereocenters. The van der Waals surface area contributed by atoms with Crippen molar-refractivity contribution in [2.24, 2.45) is 10.8 Å². The van der Waals surface area contributed by atoms with Crippen LogP contribution in [0.5, 0.6) is 0 Å². The summed E-state index contributed by atoms with van der Waals surface area (Å²) >= 11 is 0. The van der Waals surface area contributed by atoms with E-state index in [1.807, 2.05) is 27.7 Å². The third-order valence-electron chi connectivity index (χ3n) is 3.79. The van der Waals surface area contributed by atoms with Crippen LogP contribution >= 0.6 is 0 Å². The molecule has 0 saturated heterocycles. The second kappa shape index (κ2) is 9.59. The van der Waals surface area contributed by atoms with E-state index in [-0.39, 0.29) is 23.0 Å². The lowest BCUT2D eigenvalue weighted by atomic mass is 9.83. The number of aliphatic carboxylic acids is 1. The van der Waals surface area contributed by atoms with Crippen LogP contribution in [0.15, 0.2) is 0 Å². The lowest BCUT2D eigenvalue weighted by Gasteiger charge is -2.23. The highest BCUT2D eigenvalue weighted by molar-refractivity contribution is 5.78. The van der Waals surface area contributed by atoms with Crippen molar-refractivity contribution in [3.05, 3.63) is 0 Å². The Balaban J connectivity index is 3.87. The van der Waals surface area contributed by atoms with Crippen LogP contribution in [0, 0.1) is 10.8 Å². The number of ketones is 1. The topological polar surface area (TPSA) is 80.7 Å². The van der Waals surface area contributed by atoms with E-state index >= 15 is 0 Å². The lowest BCUT2D eigenvalue weighted by molar-refractivity contribution is -0.139. The van der Waals surface area contributed by atoms with Crippen LogP contribution in [0.2, 0.25) is 0 Å². The Bertz CT molecular complexity index is 371. The molecule has 0 aromatic rings. The summed E-state index contributed by atoms with van der Waals surface area (Å²) in [4.78, 5) is 32.8. The average molecular weight is 314 g/mol. The molecule has 5 nitrogen and oxygen atoms in total. The van der Waals surface area contributed by atoms with Crippen molar-refractivity contribution in [1.29, 1.82) is 0 Å². The van der Waals surface area contributed by atoms with Crippen molar-refractivity contribution in [2.45, 2.75) is 72.6 Å². The molecule has 0 heterocycles. The number of hydrogen-bond acceptors (Lipinski definition) is 4. The summed E-state index contributed by atoms with van der Waals surface area (Å²) in [7, 11) is 0. The monoisotopic (exact) mass is 314 g/mol.